The topological polar surface area (TPSA) is 40.5 Å². The van der Waals surface area contributed by atoms with Gasteiger partial charge in [-0.25, -0.2) is 0 Å². The van der Waals surface area contributed by atoms with E-state index in [2.05, 4.69) is 4.57 Å². The zero-order valence-corrected chi connectivity index (χ0v) is 16.3. The Bertz CT molecular complexity index is 709. The van der Waals surface area contributed by atoms with Gasteiger partial charge in [0.05, 0.1) is 19.0 Å². The Kier molecular flexibility index (Phi) is 7.59. The van der Waals surface area contributed by atoms with E-state index in [1.807, 2.05) is 51.1 Å². The molecule has 0 bridgehead atoms. The van der Waals surface area contributed by atoms with Gasteiger partial charge in [0.2, 0.25) is 0 Å². The summed E-state index contributed by atoms with van der Waals surface area (Å²) >= 11 is 1.61. The molecule has 1 aromatic carbocycles. The summed E-state index contributed by atoms with van der Waals surface area (Å²) in [5.41, 5.74) is 4.08. The van der Waals surface area contributed by atoms with Crippen molar-refractivity contribution in [3.05, 3.63) is 52.8 Å². The monoisotopic (exact) mass is 361 g/mol. The highest BCUT2D eigenvalue weighted by molar-refractivity contribution is 8.00. The molecule has 0 radical (unpaired) electrons. The molecule has 0 saturated heterocycles. The number of aromatic nitrogens is 1. The van der Waals surface area contributed by atoms with Crippen LogP contribution < -0.4 is 4.74 Å². The van der Waals surface area contributed by atoms with Gasteiger partial charge in [0.1, 0.15) is 5.75 Å². The molecule has 0 unspecified atom stereocenters. The first-order valence-corrected chi connectivity index (χ1v) is 9.65. The van der Waals surface area contributed by atoms with Crippen molar-refractivity contribution < 1.29 is 14.3 Å². The average Bonchev–Trinajstić information content (AvgIpc) is 2.88. The van der Waals surface area contributed by atoms with Crippen LogP contribution in [0.5, 0.6) is 5.75 Å². The molecule has 0 saturated carbocycles. The lowest BCUT2D eigenvalue weighted by Gasteiger charge is -2.09. The minimum atomic E-state index is 0.178. The van der Waals surface area contributed by atoms with Crippen LogP contribution in [0, 0.1) is 20.8 Å². The van der Waals surface area contributed by atoms with Crippen molar-refractivity contribution in [2.45, 2.75) is 27.3 Å². The van der Waals surface area contributed by atoms with Crippen molar-refractivity contribution in [2.24, 2.45) is 0 Å². The number of hydrogen-bond donors (Lipinski definition) is 0. The van der Waals surface area contributed by atoms with E-state index >= 15 is 0 Å². The first-order chi connectivity index (χ1) is 12.0. The molecule has 0 aliphatic rings. The molecule has 0 atom stereocenters. The lowest BCUT2D eigenvalue weighted by Crippen LogP contribution is -2.10. The fourth-order valence-electron chi connectivity index (χ4n) is 2.78. The van der Waals surface area contributed by atoms with Crippen molar-refractivity contribution in [3.63, 3.8) is 0 Å². The van der Waals surface area contributed by atoms with Crippen molar-refractivity contribution in [1.29, 1.82) is 0 Å². The normalized spacial score (nSPS) is 10.9. The smallest absolute Gasteiger partial charge is 0.174 e. The van der Waals surface area contributed by atoms with Crippen molar-refractivity contribution in [3.8, 4) is 5.75 Å². The van der Waals surface area contributed by atoms with Crippen LogP contribution >= 0.6 is 11.8 Å². The van der Waals surface area contributed by atoms with Gasteiger partial charge in [-0.1, -0.05) is 18.2 Å². The van der Waals surface area contributed by atoms with Crippen LogP contribution in [0.15, 0.2) is 30.3 Å². The van der Waals surface area contributed by atoms with E-state index in [1.54, 1.807) is 18.9 Å². The number of carbonyl (C=O) groups excluding carboxylic acids is 1. The minimum absolute atomic E-state index is 0.178. The molecule has 2 rings (SSSR count). The maximum Gasteiger partial charge on any atom is 0.174 e. The first kappa shape index (κ1) is 19.6. The summed E-state index contributed by atoms with van der Waals surface area (Å²) in [6.45, 7) is 8.10. The van der Waals surface area contributed by atoms with E-state index < -0.39 is 0 Å². The number of carbonyl (C=O) groups is 1. The van der Waals surface area contributed by atoms with Gasteiger partial charge in [0.15, 0.2) is 5.78 Å². The SMILES string of the molecule is COCCn1c(C)cc(C(=O)CSCCOc2ccccc2C)c1C. The van der Waals surface area contributed by atoms with Crippen molar-refractivity contribution in [2.75, 3.05) is 31.8 Å². The van der Waals surface area contributed by atoms with E-state index in [0.717, 1.165) is 40.6 Å². The molecule has 0 aliphatic heterocycles. The summed E-state index contributed by atoms with van der Waals surface area (Å²) in [5.74, 6) is 2.36. The number of ketones is 1. The van der Waals surface area contributed by atoms with Crippen LogP contribution in [-0.4, -0.2) is 42.2 Å². The zero-order chi connectivity index (χ0) is 18.2. The number of nitrogens with zero attached hydrogens (tertiary/aromatic N) is 1. The molecular formula is C20H27NO3S. The van der Waals surface area contributed by atoms with E-state index in [9.17, 15) is 4.79 Å². The molecule has 0 fully saturated rings. The molecule has 4 nitrogen and oxygen atoms in total. The number of Topliss-reactive ketones (excluding diaryl/α,β-unsaturated/α-hetero) is 1. The Labute approximate surface area is 154 Å². The molecule has 1 aromatic heterocycles. The number of hydrogen-bond acceptors (Lipinski definition) is 4. The van der Waals surface area contributed by atoms with Crippen LogP contribution in [0.3, 0.4) is 0 Å². The van der Waals surface area contributed by atoms with E-state index in [0.29, 0.717) is 19.0 Å². The zero-order valence-electron chi connectivity index (χ0n) is 15.5. The van der Waals surface area contributed by atoms with Gasteiger partial charge in [-0.2, -0.15) is 11.8 Å². The summed E-state index contributed by atoms with van der Waals surface area (Å²) in [6, 6.07) is 9.96. The highest BCUT2D eigenvalue weighted by atomic mass is 32.2. The van der Waals surface area contributed by atoms with Gasteiger partial charge in [-0.3, -0.25) is 4.79 Å². The first-order valence-electron chi connectivity index (χ1n) is 8.49. The van der Waals surface area contributed by atoms with Crippen molar-refractivity contribution in [1.82, 2.24) is 4.57 Å². The number of thioether (sulfide) groups is 1. The molecule has 0 spiro atoms. The minimum Gasteiger partial charge on any atom is -0.492 e. The number of benzene rings is 1. The Hall–Kier alpha value is -1.72. The largest absolute Gasteiger partial charge is 0.492 e. The van der Waals surface area contributed by atoms with Crippen LogP contribution in [-0.2, 0) is 11.3 Å². The summed E-state index contributed by atoms with van der Waals surface area (Å²) < 4.78 is 13.0. The lowest BCUT2D eigenvalue weighted by atomic mass is 10.2. The van der Waals surface area contributed by atoms with Gasteiger partial charge < -0.3 is 14.0 Å². The summed E-state index contributed by atoms with van der Waals surface area (Å²) in [5, 5.41) is 0. The maximum absolute atomic E-state index is 12.5. The number of para-hydroxylation sites is 1. The van der Waals surface area contributed by atoms with Gasteiger partial charge in [0, 0.05) is 36.4 Å². The highest BCUT2D eigenvalue weighted by Crippen LogP contribution is 2.19. The van der Waals surface area contributed by atoms with Gasteiger partial charge in [-0.05, 0) is 38.5 Å². The summed E-state index contributed by atoms with van der Waals surface area (Å²) in [4.78, 5) is 12.5. The van der Waals surface area contributed by atoms with E-state index in [4.69, 9.17) is 9.47 Å². The van der Waals surface area contributed by atoms with Crippen LogP contribution in [0.2, 0.25) is 0 Å². The van der Waals surface area contributed by atoms with Crippen LogP contribution in [0.25, 0.3) is 0 Å². The number of methoxy groups -OCH3 is 1. The van der Waals surface area contributed by atoms with Crippen molar-refractivity contribution >= 4 is 17.5 Å². The second-order valence-corrected chi connectivity index (χ2v) is 7.12. The molecule has 2 aromatic rings. The Morgan fingerprint density at radius 3 is 2.64 bits per heavy atom. The Morgan fingerprint density at radius 2 is 1.92 bits per heavy atom. The fourth-order valence-corrected chi connectivity index (χ4v) is 3.47. The fraction of sp³-hybridized carbons (Fsp3) is 0.450. The van der Waals surface area contributed by atoms with Crippen LogP contribution in [0.1, 0.15) is 27.3 Å². The quantitative estimate of drug-likeness (QED) is 0.473. The third kappa shape index (κ3) is 5.38. The predicted molar refractivity (Wildman–Crippen MR) is 104 cm³/mol. The number of aryl methyl sites for hydroxylation is 2. The molecule has 25 heavy (non-hydrogen) atoms. The predicted octanol–water partition coefficient (Wildman–Crippen LogP) is 4.05. The number of rotatable bonds is 10. The molecule has 136 valence electrons. The van der Waals surface area contributed by atoms with Gasteiger partial charge in [0.25, 0.3) is 0 Å². The highest BCUT2D eigenvalue weighted by Gasteiger charge is 2.15. The van der Waals surface area contributed by atoms with Gasteiger partial charge >= 0.3 is 0 Å². The lowest BCUT2D eigenvalue weighted by molar-refractivity contribution is 0.102. The summed E-state index contributed by atoms with van der Waals surface area (Å²) in [7, 11) is 1.69. The summed E-state index contributed by atoms with van der Waals surface area (Å²) in [6.07, 6.45) is 0. The molecule has 0 N–H and O–H groups in total. The second kappa shape index (κ2) is 9.68. The number of ether oxygens (including phenoxy) is 2. The molecule has 5 heteroatoms. The molecule has 1 heterocycles. The molecule has 0 aliphatic carbocycles. The third-order valence-electron chi connectivity index (χ3n) is 4.21. The third-order valence-corrected chi connectivity index (χ3v) is 5.13. The van der Waals surface area contributed by atoms with E-state index in [-0.39, 0.29) is 5.78 Å². The average molecular weight is 362 g/mol. The van der Waals surface area contributed by atoms with Gasteiger partial charge in [-0.15, -0.1) is 0 Å². The Balaban J connectivity index is 1.80. The van der Waals surface area contributed by atoms with E-state index in [1.165, 1.54) is 0 Å². The Morgan fingerprint density at radius 1 is 1.16 bits per heavy atom. The standard InChI is InChI=1S/C20H27NO3S/c1-15-7-5-6-8-20(15)24-11-12-25-14-19(22)18-13-16(2)21(17(18)3)9-10-23-4/h5-8,13H,9-12,14H2,1-4H3. The molecular weight excluding hydrogens is 334 g/mol. The second-order valence-electron chi connectivity index (χ2n) is 6.02. The van der Waals surface area contributed by atoms with Crippen LogP contribution in [0.4, 0.5) is 0 Å². The maximum atomic E-state index is 12.5. The molecule has 0 amide bonds.